The van der Waals surface area contributed by atoms with Crippen LogP contribution in [0.4, 0.5) is 5.82 Å². The molecule has 0 saturated carbocycles. The SMILES string of the molecule is CCOc1ccc(C(=O)N[C@H](C(=O)OCC(=O)Nc2ccc(Cl)cn2)C(C)C)cc1. The highest BCUT2D eigenvalue weighted by Crippen LogP contribution is 2.13. The van der Waals surface area contributed by atoms with Crippen LogP contribution in [0.5, 0.6) is 5.75 Å². The summed E-state index contributed by atoms with van der Waals surface area (Å²) in [5, 5.41) is 5.57. The van der Waals surface area contributed by atoms with E-state index in [1.807, 2.05) is 6.92 Å². The van der Waals surface area contributed by atoms with Gasteiger partial charge in [0.1, 0.15) is 17.6 Å². The lowest BCUT2D eigenvalue weighted by atomic mass is 10.0. The van der Waals surface area contributed by atoms with E-state index in [0.717, 1.165) is 0 Å². The van der Waals surface area contributed by atoms with Crippen LogP contribution in [0.3, 0.4) is 0 Å². The van der Waals surface area contributed by atoms with E-state index in [0.29, 0.717) is 22.9 Å². The predicted octanol–water partition coefficient (Wildman–Crippen LogP) is 3.07. The van der Waals surface area contributed by atoms with Crippen molar-refractivity contribution < 1.29 is 23.9 Å². The quantitative estimate of drug-likeness (QED) is 0.588. The molecule has 1 heterocycles. The number of hydrogen-bond acceptors (Lipinski definition) is 6. The summed E-state index contributed by atoms with van der Waals surface area (Å²) in [6.45, 7) is 5.41. The van der Waals surface area contributed by atoms with Crippen molar-refractivity contribution in [3.8, 4) is 5.75 Å². The number of rotatable bonds is 9. The second-order valence-corrected chi connectivity index (χ2v) is 7.11. The van der Waals surface area contributed by atoms with Gasteiger partial charge in [-0.1, -0.05) is 25.4 Å². The van der Waals surface area contributed by atoms with E-state index in [9.17, 15) is 14.4 Å². The van der Waals surface area contributed by atoms with Crippen LogP contribution in [0.1, 0.15) is 31.1 Å². The molecule has 0 radical (unpaired) electrons. The molecule has 0 bridgehead atoms. The highest BCUT2D eigenvalue weighted by atomic mass is 35.5. The molecule has 0 aliphatic rings. The Hall–Kier alpha value is -3.13. The van der Waals surface area contributed by atoms with Gasteiger partial charge in [0.2, 0.25) is 0 Å². The molecule has 1 aromatic heterocycles. The van der Waals surface area contributed by atoms with Crippen LogP contribution in [0.2, 0.25) is 5.02 Å². The highest BCUT2D eigenvalue weighted by molar-refractivity contribution is 6.30. The summed E-state index contributed by atoms with van der Waals surface area (Å²) in [7, 11) is 0. The Morgan fingerprint density at radius 1 is 1.10 bits per heavy atom. The van der Waals surface area contributed by atoms with Crippen LogP contribution in [0.15, 0.2) is 42.6 Å². The smallest absolute Gasteiger partial charge is 0.329 e. The molecule has 2 rings (SSSR count). The number of amides is 2. The van der Waals surface area contributed by atoms with Crippen LogP contribution in [0.25, 0.3) is 0 Å². The van der Waals surface area contributed by atoms with E-state index in [4.69, 9.17) is 21.1 Å². The first-order valence-electron chi connectivity index (χ1n) is 9.42. The summed E-state index contributed by atoms with van der Waals surface area (Å²) in [5.41, 5.74) is 0.378. The van der Waals surface area contributed by atoms with Gasteiger partial charge in [0.25, 0.3) is 11.8 Å². The summed E-state index contributed by atoms with van der Waals surface area (Å²) < 4.78 is 10.4. The number of esters is 1. The molecule has 0 saturated heterocycles. The van der Waals surface area contributed by atoms with Gasteiger partial charge < -0.3 is 20.1 Å². The number of carbonyl (C=O) groups is 3. The number of pyridine rings is 1. The van der Waals surface area contributed by atoms with E-state index >= 15 is 0 Å². The van der Waals surface area contributed by atoms with Crippen molar-refractivity contribution >= 4 is 35.2 Å². The fourth-order valence-corrected chi connectivity index (χ4v) is 2.56. The number of aromatic nitrogens is 1. The molecule has 2 aromatic rings. The third-order valence-electron chi connectivity index (χ3n) is 3.98. The van der Waals surface area contributed by atoms with E-state index in [2.05, 4.69) is 15.6 Å². The standard InChI is InChI=1S/C21H24ClN3O5/c1-4-29-16-8-5-14(6-9-16)20(27)25-19(13(2)3)21(28)30-12-18(26)24-17-10-7-15(22)11-23-17/h5-11,13,19H,4,12H2,1-3H3,(H,25,27)(H,23,24,26)/t19-/m0/s1. The zero-order valence-electron chi connectivity index (χ0n) is 17.0. The molecule has 160 valence electrons. The molecule has 0 aliphatic heterocycles. The van der Waals surface area contributed by atoms with Gasteiger partial charge in [-0.05, 0) is 49.2 Å². The maximum atomic E-state index is 12.5. The Labute approximate surface area is 179 Å². The Bertz CT molecular complexity index is 869. The van der Waals surface area contributed by atoms with Crippen molar-refractivity contribution in [2.75, 3.05) is 18.5 Å². The van der Waals surface area contributed by atoms with Crippen LogP contribution in [-0.4, -0.2) is 42.0 Å². The van der Waals surface area contributed by atoms with E-state index < -0.39 is 30.4 Å². The van der Waals surface area contributed by atoms with Gasteiger partial charge in [0, 0.05) is 11.8 Å². The molecule has 0 aliphatic carbocycles. The first-order chi connectivity index (χ1) is 14.3. The zero-order valence-corrected chi connectivity index (χ0v) is 17.7. The van der Waals surface area contributed by atoms with Gasteiger partial charge in [-0.25, -0.2) is 9.78 Å². The second kappa shape index (κ2) is 11.2. The van der Waals surface area contributed by atoms with Gasteiger partial charge in [0.05, 0.1) is 11.6 Å². The largest absolute Gasteiger partial charge is 0.494 e. The summed E-state index contributed by atoms with van der Waals surface area (Å²) >= 11 is 5.74. The lowest BCUT2D eigenvalue weighted by Crippen LogP contribution is -2.45. The number of hydrogen-bond donors (Lipinski definition) is 2. The Balaban J connectivity index is 1.91. The first kappa shape index (κ1) is 23.2. The lowest BCUT2D eigenvalue weighted by molar-refractivity contribution is -0.150. The monoisotopic (exact) mass is 433 g/mol. The average Bonchev–Trinajstić information content (AvgIpc) is 2.72. The molecule has 30 heavy (non-hydrogen) atoms. The number of anilines is 1. The minimum absolute atomic E-state index is 0.245. The number of nitrogens with zero attached hydrogens (tertiary/aromatic N) is 1. The van der Waals surface area contributed by atoms with E-state index in [-0.39, 0.29) is 11.7 Å². The van der Waals surface area contributed by atoms with Crippen molar-refractivity contribution in [3.63, 3.8) is 0 Å². The van der Waals surface area contributed by atoms with Gasteiger partial charge >= 0.3 is 5.97 Å². The van der Waals surface area contributed by atoms with Crippen molar-refractivity contribution in [2.24, 2.45) is 5.92 Å². The molecule has 9 heteroatoms. The lowest BCUT2D eigenvalue weighted by Gasteiger charge is -2.20. The molecule has 2 N–H and O–H groups in total. The summed E-state index contributed by atoms with van der Waals surface area (Å²) in [4.78, 5) is 40.8. The summed E-state index contributed by atoms with van der Waals surface area (Å²) in [6.07, 6.45) is 1.38. The third kappa shape index (κ3) is 7.04. The first-order valence-corrected chi connectivity index (χ1v) is 9.79. The molecule has 0 fully saturated rings. The Morgan fingerprint density at radius 3 is 2.37 bits per heavy atom. The number of benzene rings is 1. The normalized spacial score (nSPS) is 11.5. The van der Waals surface area contributed by atoms with Crippen molar-refractivity contribution in [1.29, 1.82) is 0 Å². The summed E-state index contributed by atoms with van der Waals surface area (Å²) in [6, 6.07) is 8.75. The van der Waals surface area contributed by atoms with Gasteiger partial charge in [-0.15, -0.1) is 0 Å². The van der Waals surface area contributed by atoms with Crippen molar-refractivity contribution in [1.82, 2.24) is 10.3 Å². The number of ether oxygens (including phenoxy) is 2. The molecule has 0 unspecified atom stereocenters. The minimum Gasteiger partial charge on any atom is -0.494 e. The molecule has 8 nitrogen and oxygen atoms in total. The predicted molar refractivity (Wildman–Crippen MR) is 113 cm³/mol. The van der Waals surface area contributed by atoms with Crippen molar-refractivity contribution in [2.45, 2.75) is 26.8 Å². The maximum Gasteiger partial charge on any atom is 0.329 e. The van der Waals surface area contributed by atoms with Crippen LogP contribution in [-0.2, 0) is 14.3 Å². The minimum atomic E-state index is -0.912. The maximum absolute atomic E-state index is 12.5. The molecule has 1 atom stereocenters. The fraction of sp³-hybridized carbons (Fsp3) is 0.333. The van der Waals surface area contributed by atoms with Crippen molar-refractivity contribution in [3.05, 3.63) is 53.2 Å². The summed E-state index contributed by atoms with van der Waals surface area (Å²) in [5.74, 6) is -1.00. The van der Waals surface area contributed by atoms with E-state index in [1.165, 1.54) is 12.3 Å². The van der Waals surface area contributed by atoms with Crippen LogP contribution in [0, 0.1) is 5.92 Å². The van der Waals surface area contributed by atoms with E-state index in [1.54, 1.807) is 44.2 Å². The number of halogens is 1. The Kier molecular flexibility index (Phi) is 8.61. The molecule has 0 spiro atoms. The zero-order chi connectivity index (χ0) is 22.1. The number of carbonyl (C=O) groups excluding carboxylic acids is 3. The molecule has 1 aromatic carbocycles. The second-order valence-electron chi connectivity index (χ2n) is 6.67. The van der Waals surface area contributed by atoms with Gasteiger partial charge in [0.15, 0.2) is 6.61 Å². The number of nitrogens with one attached hydrogen (secondary N) is 2. The van der Waals surface area contributed by atoms with Crippen LogP contribution < -0.4 is 15.4 Å². The Morgan fingerprint density at radius 2 is 1.80 bits per heavy atom. The van der Waals surface area contributed by atoms with Gasteiger partial charge in [-0.3, -0.25) is 9.59 Å². The fourth-order valence-electron chi connectivity index (χ4n) is 2.45. The molecular formula is C21H24ClN3O5. The molecule has 2 amide bonds. The third-order valence-corrected chi connectivity index (χ3v) is 4.20. The molecular weight excluding hydrogens is 410 g/mol. The van der Waals surface area contributed by atoms with Crippen LogP contribution >= 0.6 is 11.6 Å². The van der Waals surface area contributed by atoms with Gasteiger partial charge in [-0.2, -0.15) is 0 Å². The average molecular weight is 434 g/mol. The topological polar surface area (TPSA) is 107 Å². The highest BCUT2D eigenvalue weighted by Gasteiger charge is 2.26.